The number of benzene rings is 1. The highest BCUT2D eigenvalue weighted by Crippen LogP contribution is 2.28. The van der Waals surface area contributed by atoms with Gasteiger partial charge in [0.15, 0.2) is 11.0 Å². The molecule has 134 valence electrons. The van der Waals surface area contributed by atoms with E-state index in [0.29, 0.717) is 23.1 Å². The lowest BCUT2D eigenvalue weighted by atomic mass is 10.3. The first-order valence-corrected chi connectivity index (χ1v) is 9.73. The molecular weight excluding hydrogens is 368 g/mol. The van der Waals surface area contributed by atoms with Crippen molar-refractivity contribution < 1.29 is 9.53 Å². The molecule has 1 amide bonds. The first-order chi connectivity index (χ1) is 12.7. The summed E-state index contributed by atoms with van der Waals surface area (Å²) in [6, 6.07) is 11.3. The zero-order valence-electron chi connectivity index (χ0n) is 14.2. The van der Waals surface area contributed by atoms with E-state index in [1.807, 2.05) is 34.2 Å². The van der Waals surface area contributed by atoms with Crippen LogP contribution in [0.25, 0.3) is 10.7 Å². The van der Waals surface area contributed by atoms with Crippen LogP contribution < -0.4 is 10.1 Å². The molecule has 2 aromatic heterocycles. The van der Waals surface area contributed by atoms with Crippen LogP contribution in [0, 0.1) is 0 Å². The molecule has 0 saturated heterocycles. The van der Waals surface area contributed by atoms with Crippen LogP contribution in [0.15, 0.2) is 59.6 Å². The van der Waals surface area contributed by atoms with Gasteiger partial charge in [0.1, 0.15) is 5.75 Å². The van der Waals surface area contributed by atoms with Crippen molar-refractivity contribution >= 4 is 34.7 Å². The number of rotatable bonds is 8. The molecule has 0 aliphatic heterocycles. The second-order valence-electron chi connectivity index (χ2n) is 5.22. The van der Waals surface area contributed by atoms with Crippen molar-refractivity contribution in [2.24, 2.45) is 0 Å². The van der Waals surface area contributed by atoms with Gasteiger partial charge in [-0.05, 0) is 23.6 Å². The molecule has 1 N–H and O–H groups in total. The van der Waals surface area contributed by atoms with Gasteiger partial charge in [0.25, 0.3) is 0 Å². The van der Waals surface area contributed by atoms with Crippen LogP contribution in [-0.2, 0) is 11.3 Å². The maximum absolute atomic E-state index is 12.3. The molecule has 0 atom stereocenters. The highest BCUT2D eigenvalue weighted by Gasteiger charge is 2.16. The molecular formula is C18H18N4O2S2. The van der Waals surface area contributed by atoms with Crippen LogP contribution in [0.3, 0.4) is 0 Å². The number of thioether (sulfide) groups is 1. The zero-order chi connectivity index (χ0) is 18.4. The summed E-state index contributed by atoms with van der Waals surface area (Å²) in [5, 5.41) is 14.0. The largest absolute Gasteiger partial charge is 0.495 e. The number of amides is 1. The molecule has 2 heterocycles. The molecule has 0 fully saturated rings. The molecule has 6 nitrogen and oxygen atoms in total. The van der Waals surface area contributed by atoms with Gasteiger partial charge in [-0.3, -0.25) is 9.36 Å². The lowest BCUT2D eigenvalue weighted by Crippen LogP contribution is -2.15. The zero-order valence-corrected chi connectivity index (χ0v) is 15.8. The third kappa shape index (κ3) is 4.14. The fourth-order valence-electron chi connectivity index (χ4n) is 2.34. The normalized spacial score (nSPS) is 10.5. The van der Waals surface area contributed by atoms with E-state index in [2.05, 4.69) is 22.1 Å². The number of carbonyl (C=O) groups is 1. The highest BCUT2D eigenvalue weighted by molar-refractivity contribution is 7.99. The Morgan fingerprint density at radius 3 is 2.92 bits per heavy atom. The van der Waals surface area contributed by atoms with Crippen molar-refractivity contribution in [1.29, 1.82) is 0 Å². The van der Waals surface area contributed by atoms with Crippen LogP contribution in [0.5, 0.6) is 5.75 Å². The van der Waals surface area contributed by atoms with E-state index in [1.165, 1.54) is 11.8 Å². The summed E-state index contributed by atoms with van der Waals surface area (Å²) in [7, 11) is 1.57. The topological polar surface area (TPSA) is 69.0 Å². The van der Waals surface area contributed by atoms with Crippen LogP contribution in [-0.4, -0.2) is 33.5 Å². The van der Waals surface area contributed by atoms with E-state index < -0.39 is 0 Å². The molecule has 0 aliphatic carbocycles. The number of aromatic nitrogens is 3. The maximum Gasteiger partial charge on any atom is 0.234 e. The van der Waals surface area contributed by atoms with Crippen LogP contribution in [0.2, 0.25) is 0 Å². The molecule has 3 aromatic rings. The Labute approximate surface area is 159 Å². The SMILES string of the molecule is C=CCn1c(SCC(=O)Nc2ccccc2OC)nnc1-c1cccs1. The third-order valence-electron chi connectivity index (χ3n) is 3.48. The average Bonchev–Trinajstić information content (AvgIpc) is 3.30. The van der Waals surface area contributed by atoms with Gasteiger partial charge in [-0.1, -0.05) is 36.0 Å². The minimum atomic E-state index is -0.134. The smallest absolute Gasteiger partial charge is 0.234 e. The number of nitrogens with one attached hydrogen (secondary N) is 1. The van der Waals surface area contributed by atoms with Crippen LogP contribution in [0.1, 0.15) is 0 Å². The molecule has 0 saturated carbocycles. The fraction of sp³-hybridized carbons (Fsp3) is 0.167. The second-order valence-corrected chi connectivity index (χ2v) is 7.11. The Bertz CT molecular complexity index is 890. The van der Waals surface area contributed by atoms with Crippen molar-refractivity contribution in [3.63, 3.8) is 0 Å². The highest BCUT2D eigenvalue weighted by atomic mass is 32.2. The lowest BCUT2D eigenvalue weighted by molar-refractivity contribution is -0.113. The average molecular weight is 387 g/mol. The number of hydrogen-bond donors (Lipinski definition) is 1. The van der Waals surface area contributed by atoms with Gasteiger partial charge in [-0.15, -0.1) is 28.1 Å². The fourth-order valence-corrected chi connectivity index (χ4v) is 3.81. The summed E-state index contributed by atoms with van der Waals surface area (Å²) >= 11 is 2.94. The van der Waals surface area contributed by atoms with Crippen molar-refractivity contribution in [3.05, 3.63) is 54.4 Å². The quantitative estimate of drug-likeness (QED) is 0.469. The first kappa shape index (κ1) is 18.2. The van der Waals surface area contributed by atoms with E-state index >= 15 is 0 Å². The minimum absolute atomic E-state index is 0.134. The number of hydrogen-bond acceptors (Lipinski definition) is 6. The summed E-state index contributed by atoms with van der Waals surface area (Å²) < 4.78 is 7.21. The molecule has 0 spiro atoms. The predicted octanol–water partition coefficient (Wildman–Crippen LogP) is 3.93. The van der Waals surface area contributed by atoms with E-state index in [9.17, 15) is 4.79 Å². The van der Waals surface area contributed by atoms with E-state index in [0.717, 1.165) is 10.7 Å². The van der Waals surface area contributed by atoms with Crippen molar-refractivity contribution in [1.82, 2.24) is 14.8 Å². The molecule has 0 unspecified atom stereocenters. The van der Waals surface area contributed by atoms with Crippen molar-refractivity contribution in [2.45, 2.75) is 11.7 Å². The number of para-hydroxylation sites is 2. The van der Waals surface area contributed by atoms with Gasteiger partial charge in [0.05, 0.1) is 23.4 Å². The van der Waals surface area contributed by atoms with E-state index in [1.54, 1.807) is 36.7 Å². The molecule has 0 aliphatic rings. The van der Waals surface area contributed by atoms with Crippen LogP contribution in [0.4, 0.5) is 5.69 Å². The van der Waals surface area contributed by atoms with Gasteiger partial charge in [0, 0.05) is 6.54 Å². The predicted molar refractivity (Wildman–Crippen MR) is 106 cm³/mol. The van der Waals surface area contributed by atoms with Gasteiger partial charge >= 0.3 is 0 Å². The second kappa shape index (κ2) is 8.68. The van der Waals surface area contributed by atoms with Crippen LogP contribution >= 0.6 is 23.1 Å². The van der Waals surface area contributed by atoms with Gasteiger partial charge < -0.3 is 10.1 Å². The molecule has 3 rings (SSSR count). The molecule has 0 bridgehead atoms. The van der Waals surface area contributed by atoms with Crippen molar-refractivity contribution in [3.8, 4) is 16.5 Å². The number of anilines is 1. The van der Waals surface area contributed by atoms with E-state index in [4.69, 9.17) is 4.74 Å². The third-order valence-corrected chi connectivity index (χ3v) is 5.32. The Kier molecular flexibility index (Phi) is 6.08. The monoisotopic (exact) mass is 386 g/mol. The number of ether oxygens (including phenoxy) is 1. The molecule has 26 heavy (non-hydrogen) atoms. The first-order valence-electron chi connectivity index (χ1n) is 7.86. The van der Waals surface area contributed by atoms with Gasteiger partial charge in [-0.25, -0.2) is 0 Å². The molecule has 0 radical (unpaired) electrons. The number of methoxy groups -OCH3 is 1. The van der Waals surface area contributed by atoms with Crippen molar-refractivity contribution in [2.75, 3.05) is 18.2 Å². The van der Waals surface area contributed by atoms with Gasteiger partial charge in [-0.2, -0.15) is 0 Å². The number of carbonyl (C=O) groups excluding carboxylic acids is 1. The summed E-state index contributed by atoms with van der Waals surface area (Å²) in [5.74, 6) is 1.50. The van der Waals surface area contributed by atoms with E-state index in [-0.39, 0.29) is 11.7 Å². The maximum atomic E-state index is 12.3. The Balaban J connectivity index is 1.69. The molecule has 8 heteroatoms. The Morgan fingerprint density at radius 1 is 1.35 bits per heavy atom. The summed E-state index contributed by atoms with van der Waals surface area (Å²) in [5.41, 5.74) is 0.646. The van der Waals surface area contributed by atoms with Gasteiger partial charge in [0.2, 0.25) is 5.91 Å². The summed E-state index contributed by atoms with van der Waals surface area (Å²) in [6.45, 7) is 4.37. The molecule has 1 aromatic carbocycles. The standard InChI is InChI=1S/C18H18N4O2S2/c1-3-10-22-17(15-9-6-11-25-15)20-21-18(22)26-12-16(23)19-13-7-4-5-8-14(13)24-2/h3-9,11H,1,10,12H2,2H3,(H,19,23). The number of allylic oxidation sites excluding steroid dienone is 1. The Morgan fingerprint density at radius 2 is 2.19 bits per heavy atom. The number of nitrogens with zero attached hydrogens (tertiary/aromatic N) is 3. The lowest BCUT2D eigenvalue weighted by Gasteiger charge is -2.10. The summed E-state index contributed by atoms with van der Waals surface area (Å²) in [6.07, 6.45) is 1.79. The number of thiophene rings is 1. The Hall–Kier alpha value is -2.58. The summed E-state index contributed by atoms with van der Waals surface area (Å²) in [4.78, 5) is 13.3. The minimum Gasteiger partial charge on any atom is -0.495 e.